The van der Waals surface area contributed by atoms with Crippen molar-refractivity contribution in [1.29, 1.82) is 0 Å². The third-order valence-corrected chi connectivity index (χ3v) is 5.87. The summed E-state index contributed by atoms with van der Waals surface area (Å²) in [6.07, 6.45) is 0.787. The number of amides is 2. The minimum atomic E-state index is -3.82. The van der Waals surface area contributed by atoms with Gasteiger partial charge in [0.05, 0.1) is 10.5 Å². The van der Waals surface area contributed by atoms with E-state index in [1.54, 1.807) is 6.07 Å². The number of hydrogen-bond donors (Lipinski definition) is 2. The lowest BCUT2D eigenvalue weighted by Crippen LogP contribution is -2.41. The Morgan fingerprint density at radius 2 is 1.68 bits per heavy atom. The molecule has 31 heavy (non-hydrogen) atoms. The Bertz CT molecular complexity index is 1050. The van der Waals surface area contributed by atoms with E-state index < -0.39 is 22.5 Å². The van der Waals surface area contributed by atoms with Gasteiger partial charge in [0.15, 0.2) is 0 Å². The van der Waals surface area contributed by atoms with Gasteiger partial charge < -0.3 is 15.0 Å². The van der Waals surface area contributed by atoms with Crippen molar-refractivity contribution in [2.24, 2.45) is 11.1 Å². The molecule has 2 amide bonds. The van der Waals surface area contributed by atoms with Gasteiger partial charge in [-0.3, -0.25) is 9.59 Å². The number of nitrogens with one attached hydrogen (secondary N) is 1. The molecule has 0 radical (unpaired) electrons. The number of nitrogens with zero attached hydrogens (tertiary/aromatic N) is 1. The van der Waals surface area contributed by atoms with Gasteiger partial charge in [-0.05, 0) is 49.2 Å². The van der Waals surface area contributed by atoms with Gasteiger partial charge >= 0.3 is 6.61 Å². The third-order valence-electron chi connectivity index (χ3n) is 4.94. The molecule has 2 aromatic carbocycles. The van der Waals surface area contributed by atoms with Gasteiger partial charge in [0, 0.05) is 24.7 Å². The average molecular weight is 453 g/mol. The molecule has 0 aromatic heterocycles. The monoisotopic (exact) mass is 453 g/mol. The lowest BCUT2D eigenvalue weighted by atomic mass is 9.95. The number of piperidine rings is 1. The van der Waals surface area contributed by atoms with Crippen molar-refractivity contribution in [2.75, 3.05) is 18.4 Å². The predicted molar refractivity (Wildman–Crippen MR) is 108 cm³/mol. The Balaban J connectivity index is 1.58. The van der Waals surface area contributed by atoms with Crippen LogP contribution in [0.25, 0.3) is 0 Å². The molecule has 11 heteroatoms. The molecule has 0 bridgehead atoms. The smallest absolute Gasteiger partial charge is 0.387 e. The molecule has 1 heterocycles. The molecule has 1 saturated heterocycles. The van der Waals surface area contributed by atoms with E-state index in [2.05, 4.69) is 10.1 Å². The molecule has 0 spiro atoms. The van der Waals surface area contributed by atoms with Crippen LogP contribution in [0.3, 0.4) is 0 Å². The molecule has 0 atom stereocenters. The van der Waals surface area contributed by atoms with Crippen molar-refractivity contribution in [1.82, 2.24) is 4.90 Å². The summed E-state index contributed by atoms with van der Waals surface area (Å²) in [5, 5.41) is 7.76. The van der Waals surface area contributed by atoms with Gasteiger partial charge in [-0.2, -0.15) is 8.78 Å². The summed E-state index contributed by atoms with van der Waals surface area (Å²) in [6.45, 7) is -2.48. The first-order valence-electron chi connectivity index (χ1n) is 9.42. The number of carbonyl (C=O) groups is 2. The number of para-hydroxylation sites is 1. The van der Waals surface area contributed by atoms with Crippen LogP contribution in [0.4, 0.5) is 14.5 Å². The van der Waals surface area contributed by atoms with E-state index in [4.69, 9.17) is 5.14 Å². The predicted octanol–water partition coefficient (Wildman–Crippen LogP) is 2.43. The van der Waals surface area contributed by atoms with Crippen molar-refractivity contribution in [3.63, 3.8) is 0 Å². The summed E-state index contributed by atoms with van der Waals surface area (Å²) in [5.41, 5.74) is 0.467. The average Bonchev–Trinajstić information content (AvgIpc) is 2.73. The quantitative estimate of drug-likeness (QED) is 0.696. The fourth-order valence-corrected chi connectivity index (χ4v) is 3.84. The van der Waals surface area contributed by atoms with Gasteiger partial charge in [0.2, 0.25) is 15.9 Å². The fourth-order valence-electron chi connectivity index (χ4n) is 3.33. The standard InChI is InChI=1S/C20H21F2N3O5S/c21-20(22)30-17-4-2-1-3-16(17)19(27)25-11-9-13(10-12-25)18(26)24-14-5-7-15(8-6-14)31(23,28)29/h1-8,13,20H,9-12H2,(H,24,26)(H2,23,28,29). The number of rotatable bonds is 6. The van der Waals surface area contributed by atoms with Crippen LogP contribution >= 0.6 is 0 Å². The number of alkyl halides is 2. The van der Waals surface area contributed by atoms with E-state index in [0.29, 0.717) is 18.5 Å². The summed E-state index contributed by atoms with van der Waals surface area (Å²) in [5.74, 6) is -1.23. The minimum Gasteiger partial charge on any atom is -0.434 e. The Kier molecular flexibility index (Phi) is 6.86. The molecule has 3 rings (SSSR count). The minimum absolute atomic E-state index is 0.0423. The number of nitrogens with two attached hydrogens (primary N) is 1. The maximum atomic E-state index is 12.7. The second kappa shape index (κ2) is 9.40. The van der Waals surface area contributed by atoms with E-state index in [1.165, 1.54) is 47.4 Å². The zero-order valence-electron chi connectivity index (χ0n) is 16.3. The number of likely N-dealkylation sites (tertiary alicyclic amines) is 1. The maximum absolute atomic E-state index is 12.7. The molecule has 3 N–H and O–H groups in total. The van der Waals surface area contributed by atoms with Crippen molar-refractivity contribution in [3.8, 4) is 5.75 Å². The Morgan fingerprint density at radius 1 is 1.06 bits per heavy atom. The van der Waals surface area contributed by atoms with Crippen molar-refractivity contribution < 1.29 is 31.5 Å². The van der Waals surface area contributed by atoms with Crippen molar-refractivity contribution in [2.45, 2.75) is 24.3 Å². The van der Waals surface area contributed by atoms with Crippen LogP contribution in [-0.4, -0.2) is 44.8 Å². The number of hydrogen-bond acceptors (Lipinski definition) is 5. The number of sulfonamides is 1. The molecular weight excluding hydrogens is 432 g/mol. The van der Waals surface area contributed by atoms with Gasteiger partial charge in [0.25, 0.3) is 5.91 Å². The largest absolute Gasteiger partial charge is 0.434 e. The molecule has 8 nitrogen and oxygen atoms in total. The first-order chi connectivity index (χ1) is 14.6. The first kappa shape index (κ1) is 22.6. The SMILES string of the molecule is NS(=O)(=O)c1ccc(NC(=O)C2CCN(C(=O)c3ccccc3OC(F)F)CC2)cc1. The van der Waals surface area contributed by atoms with Gasteiger partial charge in [-0.25, -0.2) is 13.6 Å². The Morgan fingerprint density at radius 3 is 2.26 bits per heavy atom. The number of ether oxygens (including phenoxy) is 1. The molecular formula is C20H21F2N3O5S. The van der Waals surface area contributed by atoms with Crippen LogP contribution in [0, 0.1) is 5.92 Å². The lowest BCUT2D eigenvalue weighted by Gasteiger charge is -2.31. The number of anilines is 1. The van der Waals surface area contributed by atoms with Crippen LogP contribution in [0.5, 0.6) is 5.75 Å². The summed E-state index contributed by atoms with van der Waals surface area (Å²) in [6, 6.07) is 11.3. The van der Waals surface area contributed by atoms with E-state index in [-0.39, 0.29) is 41.1 Å². The van der Waals surface area contributed by atoms with Crippen LogP contribution in [-0.2, 0) is 14.8 Å². The topological polar surface area (TPSA) is 119 Å². The Labute approximate surface area is 178 Å². The number of halogens is 2. The highest BCUT2D eigenvalue weighted by Gasteiger charge is 2.29. The molecule has 166 valence electrons. The molecule has 0 unspecified atom stereocenters. The molecule has 1 aliphatic heterocycles. The third kappa shape index (κ3) is 5.76. The molecule has 0 aliphatic carbocycles. The van der Waals surface area contributed by atoms with Crippen molar-refractivity contribution >= 4 is 27.5 Å². The second-order valence-electron chi connectivity index (χ2n) is 7.00. The summed E-state index contributed by atoms with van der Waals surface area (Å²) >= 11 is 0. The van der Waals surface area contributed by atoms with Crippen LogP contribution in [0.2, 0.25) is 0 Å². The van der Waals surface area contributed by atoms with Gasteiger partial charge in [-0.15, -0.1) is 0 Å². The van der Waals surface area contributed by atoms with Crippen LogP contribution in [0.1, 0.15) is 23.2 Å². The zero-order chi connectivity index (χ0) is 22.6. The van der Waals surface area contributed by atoms with E-state index >= 15 is 0 Å². The lowest BCUT2D eigenvalue weighted by molar-refractivity contribution is -0.121. The van der Waals surface area contributed by atoms with Crippen LogP contribution in [0.15, 0.2) is 53.4 Å². The van der Waals surface area contributed by atoms with E-state index in [9.17, 15) is 26.8 Å². The highest BCUT2D eigenvalue weighted by atomic mass is 32.2. The zero-order valence-corrected chi connectivity index (χ0v) is 17.1. The molecule has 1 aliphatic rings. The summed E-state index contributed by atoms with van der Waals surface area (Å²) in [7, 11) is -3.82. The van der Waals surface area contributed by atoms with Gasteiger partial charge in [-0.1, -0.05) is 12.1 Å². The normalized spacial score (nSPS) is 15.0. The molecule has 2 aromatic rings. The summed E-state index contributed by atoms with van der Waals surface area (Å²) < 4.78 is 52.2. The van der Waals surface area contributed by atoms with E-state index in [0.717, 1.165) is 0 Å². The number of primary sulfonamides is 1. The van der Waals surface area contributed by atoms with E-state index in [1.807, 2.05) is 0 Å². The maximum Gasteiger partial charge on any atom is 0.387 e. The highest BCUT2D eigenvalue weighted by molar-refractivity contribution is 7.89. The first-order valence-corrected chi connectivity index (χ1v) is 11.0. The van der Waals surface area contributed by atoms with Crippen LogP contribution < -0.4 is 15.2 Å². The summed E-state index contributed by atoms with van der Waals surface area (Å²) in [4.78, 5) is 26.7. The number of carbonyl (C=O) groups excluding carboxylic acids is 2. The fraction of sp³-hybridized carbons (Fsp3) is 0.300. The van der Waals surface area contributed by atoms with Crippen molar-refractivity contribution in [3.05, 3.63) is 54.1 Å². The molecule has 0 saturated carbocycles. The highest BCUT2D eigenvalue weighted by Crippen LogP contribution is 2.26. The molecule has 1 fully saturated rings. The van der Waals surface area contributed by atoms with Gasteiger partial charge in [0.1, 0.15) is 5.75 Å². The Hall–Kier alpha value is -3.05. The number of benzene rings is 2. The second-order valence-corrected chi connectivity index (χ2v) is 8.56.